The van der Waals surface area contributed by atoms with Gasteiger partial charge in [-0.25, -0.2) is 9.07 Å². The van der Waals surface area contributed by atoms with Crippen molar-refractivity contribution in [2.45, 2.75) is 13.5 Å². The van der Waals surface area contributed by atoms with E-state index >= 15 is 0 Å². The van der Waals surface area contributed by atoms with Crippen molar-refractivity contribution >= 4 is 0 Å². The first-order valence-corrected chi connectivity index (χ1v) is 6.83. The first-order chi connectivity index (χ1) is 10.7. The van der Waals surface area contributed by atoms with Crippen molar-refractivity contribution < 1.29 is 4.39 Å². The van der Waals surface area contributed by atoms with Crippen molar-refractivity contribution in [2.75, 3.05) is 0 Å². The van der Waals surface area contributed by atoms with Crippen LogP contribution in [0.2, 0.25) is 0 Å². The molecule has 0 unspecified atom stereocenters. The number of nitriles is 1. The molecule has 0 spiro atoms. The molecule has 1 heterocycles. The summed E-state index contributed by atoms with van der Waals surface area (Å²) < 4.78 is 15.4. The molecule has 22 heavy (non-hydrogen) atoms. The van der Waals surface area contributed by atoms with Crippen molar-refractivity contribution in [3.05, 3.63) is 71.2 Å². The van der Waals surface area contributed by atoms with Crippen LogP contribution in [0.25, 0.3) is 11.3 Å². The Morgan fingerprint density at radius 1 is 1.14 bits per heavy atom. The van der Waals surface area contributed by atoms with Gasteiger partial charge in [0.2, 0.25) is 0 Å². The number of halogens is 1. The van der Waals surface area contributed by atoms with Crippen LogP contribution in [-0.4, -0.2) is 15.0 Å². The maximum atomic E-state index is 13.8. The molecule has 5 heteroatoms. The van der Waals surface area contributed by atoms with Gasteiger partial charge in [-0.3, -0.25) is 0 Å². The monoisotopic (exact) mass is 292 g/mol. The predicted octanol–water partition coefficient (Wildman–Crippen LogP) is 3.31. The molecule has 0 radical (unpaired) electrons. The highest BCUT2D eigenvalue weighted by Crippen LogP contribution is 2.23. The van der Waals surface area contributed by atoms with Gasteiger partial charge in [0, 0.05) is 11.1 Å². The third kappa shape index (κ3) is 2.59. The number of nitrogens with zero attached hydrogens (tertiary/aromatic N) is 4. The predicted molar refractivity (Wildman–Crippen MR) is 80.4 cm³/mol. The number of aromatic nitrogens is 3. The van der Waals surface area contributed by atoms with Crippen LogP contribution >= 0.6 is 0 Å². The topological polar surface area (TPSA) is 54.5 Å². The van der Waals surface area contributed by atoms with E-state index in [1.165, 1.54) is 6.07 Å². The van der Waals surface area contributed by atoms with Crippen LogP contribution in [0.4, 0.5) is 4.39 Å². The van der Waals surface area contributed by atoms with Crippen LogP contribution in [0.1, 0.15) is 16.8 Å². The molecule has 0 saturated heterocycles. The average Bonchev–Trinajstić information content (AvgIpc) is 2.93. The summed E-state index contributed by atoms with van der Waals surface area (Å²) >= 11 is 0. The van der Waals surface area contributed by atoms with E-state index in [2.05, 4.69) is 10.3 Å². The summed E-state index contributed by atoms with van der Waals surface area (Å²) in [7, 11) is 0. The molecule has 3 aromatic rings. The minimum Gasteiger partial charge on any atom is -0.239 e. The fourth-order valence-electron chi connectivity index (χ4n) is 2.28. The van der Waals surface area contributed by atoms with Gasteiger partial charge in [0.05, 0.1) is 6.54 Å². The Morgan fingerprint density at radius 3 is 2.55 bits per heavy atom. The maximum absolute atomic E-state index is 13.8. The molecule has 0 bridgehead atoms. The summed E-state index contributed by atoms with van der Waals surface area (Å²) in [6.45, 7) is 2.22. The van der Waals surface area contributed by atoms with E-state index in [1.54, 1.807) is 22.9 Å². The van der Waals surface area contributed by atoms with Gasteiger partial charge in [-0.2, -0.15) is 5.26 Å². The number of hydrogen-bond donors (Lipinski definition) is 0. The van der Waals surface area contributed by atoms with Gasteiger partial charge in [0.15, 0.2) is 5.69 Å². The van der Waals surface area contributed by atoms with Crippen LogP contribution in [0.5, 0.6) is 0 Å². The molecule has 0 aliphatic heterocycles. The van der Waals surface area contributed by atoms with E-state index in [0.29, 0.717) is 11.3 Å². The lowest BCUT2D eigenvalue weighted by atomic mass is 10.1. The van der Waals surface area contributed by atoms with Crippen LogP contribution in [0.3, 0.4) is 0 Å². The Hall–Kier alpha value is -3.00. The molecule has 0 atom stereocenters. The number of benzene rings is 2. The molecule has 4 nitrogen and oxygen atoms in total. The summed E-state index contributed by atoms with van der Waals surface area (Å²) in [5.41, 5.74) is 3.30. The minimum atomic E-state index is -0.300. The molecule has 0 aliphatic carbocycles. The average molecular weight is 292 g/mol. The Labute approximate surface area is 127 Å². The van der Waals surface area contributed by atoms with E-state index in [-0.39, 0.29) is 18.1 Å². The molecule has 2 aromatic carbocycles. The quantitative estimate of drug-likeness (QED) is 0.744. The van der Waals surface area contributed by atoms with E-state index in [0.717, 1.165) is 11.1 Å². The highest BCUT2D eigenvalue weighted by atomic mass is 19.1. The zero-order valence-electron chi connectivity index (χ0n) is 12.0. The molecule has 0 amide bonds. The molecule has 0 fully saturated rings. The largest absolute Gasteiger partial charge is 0.239 e. The van der Waals surface area contributed by atoms with Gasteiger partial charge in [-0.1, -0.05) is 53.2 Å². The van der Waals surface area contributed by atoms with Crippen LogP contribution in [0.15, 0.2) is 48.5 Å². The van der Waals surface area contributed by atoms with Gasteiger partial charge in [-0.05, 0) is 13.0 Å². The van der Waals surface area contributed by atoms with Crippen LogP contribution in [0, 0.1) is 24.1 Å². The van der Waals surface area contributed by atoms with Crippen molar-refractivity contribution in [2.24, 2.45) is 0 Å². The third-order valence-electron chi connectivity index (χ3n) is 3.44. The minimum absolute atomic E-state index is 0.227. The molecule has 0 saturated carbocycles. The highest BCUT2D eigenvalue weighted by Gasteiger charge is 2.16. The Balaban J connectivity index is 2.06. The fraction of sp³-hybridized carbons (Fsp3) is 0.118. The summed E-state index contributed by atoms with van der Waals surface area (Å²) in [4.78, 5) is 0. The molecular weight excluding hydrogens is 279 g/mol. The number of rotatable bonds is 3. The van der Waals surface area contributed by atoms with Crippen molar-refractivity contribution in [1.29, 1.82) is 5.26 Å². The lowest BCUT2D eigenvalue weighted by Gasteiger charge is -2.08. The van der Waals surface area contributed by atoms with E-state index in [9.17, 15) is 9.65 Å². The molecule has 0 aliphatic rings. The SMILES string of the molecule is Cc1ccc(-c2c(C#N)nnn2Cc2ccccc2F)cc1. The zero-order chi connectivity index (χ0) is 15.5. The normalized spacial score (nSPS) is 10.4. The fourth-order valence-corrected chi connectivity index (χ4v) is 2.28. The van der Waals surface area contributed by atoms with Gasteiger partial charge >= 0.3 is 0 Å². The standard InChI is InChI=1S/C17H13FN4/c1-12-6-8-13(9-7-12)17-16(10-19)20-21-22(17)11-14-4-2-3-5-15(14)18/h2-9H,11H2,1H3. The van der Waals surface area contributed by atoms with Gasteiger partial charge < -0.3 is 0 Å². The van der Waals surface area contributed by atoms with Crippen molar-refractivity contribution in [1.82, 2.24) is 15.0 Å². The summed E-state index contributed by atoms with van der Waals surface area (Å²) in [5, 5.41) is 17.1. The van der Waals surface area contributed by atoms with E-state index in [4.69, 9.17) is 0 Å². The number of aryl methyl sites for hydroxylation is 1. The Bertz CT molecular complexity index is 844. The van der Waals surface area contributed by atoms with Gasteiger partial charge in [-0.15, -0.1) is 5.10 Å². The smallest absolute Gasteiger partial charge is 0.190 e. The van der Waals surface area contributed by atoms with Crippen molar-refractivity contribution in [3.63, 3.8) is 0 Å². The maximum Gasteiger partial charge on any atom is 0.190 e. The van der Waals surface area contributed by atoms with Crippen molar-refractivity contribution in [3.8, 4) is 17.3 Å². The number of hydrogen-bond acceptors (Lipinski definition) is 3. The lowest BCUT2D eigenvalue weighted by Crippen LogP contribution is -2.06. The van der Waals surface area contributed by atoms with E-state index in [1.807, 2.05) is 37.3 Å². The molecule has 108 valence electrons. The van der Waals surface area contributed by atoms with Crippen LogP contribution in [-0.2, 0) is 6.54 Å². The lowest BCUT2D eigenvalue weighted by molar-refractivity contribution is 0.579. The second kappa shape index (κ2) is 5.78. The van der Waals surface area contributed by atoms with E-state index < -0.39 is 0 Å². The first-order valence-electron chi connectivity index (χ1n) is 6.83. The van der Waals surface area contributed by atoms with Gasteiger partial charge in [0.1, 0.15) is 17.6 Å². The summed E-state index contributed by atoms with van der Waals surface area (Å²) in [6.07, 6.45) is 0. The second-order valence-corrected chi connectivity index (χ2v) is 5.01. The molecule has 3 rings (SSSR count). The second-order valence-electron chi connectivity index (χ2n) is 5.01. The third-order valence-corrected chi connectivity index (χ3v) is 3.44. The molecule has 1 aromatic heterocycles. The Kier molecular flexibility index (Phi) is 3.67. The highest BCUT2D eigenvalue weighted by molar-refractivity contribution is 5.65. The zero-order valence-corrected chi connectivity index (χ0v) is 12.0. The first kappa shape index (κ1) is 14.0. The summed E-state index contributed by atoms with van der Waals surface area (Å²) in [6, 6.07) is 16.3. The molecular formula is C17H13FN4. The van der Waals surface area contributed by atoms with Gasteiger partial charge in [0.25, 0.3) is 0 Å². The molecule has 0 N–H and O–H groups in total. The summed E-state index contributed by atoms with van der Waals surface area (Å²) in [5.74, 6) is -0.300. The Morgan fingerprint density at radius 2 is 1.86 bits per heavy atom. The van der Waals surface area contributed by atoms with Crippen LogP contribution < -0.4 is 0 Å².